The van der Waals surface area contributed by atoms with Crippen molar-refractivity contribution < 1.29 is 9.26 Å². The number of hydrogen-bond donors (Lipinski definition) is 0. The standard InChI is InChI=1S/C20H14ClN7O3/c1-30-15-8-6-14(7-9-15)28-19-17(24-26-28)20(29)27(11-22-19)10-16-23-18(25-31-16)12-2-4-13(21)5-3-12/h2-9,11H,10H2,1H3. The molecule has 154 valence electrons. The zero-order chi connectivity index (χ0) is 21.4. The molecule has 0 unspecified atom stereocenters. The summed E-state index contributed by atoms with van der Waals surface area (Å²) in [7, 11) is 1.59. The highest BCUT2D eigenvalue weighted by Gasteiger charge is 2.16. The van der Waals surface area contributed by atoms with Crippen LogP contribution in [0.3, 0.4) is 0 Å². The van der Waals surface area contributed by atoms with Crippen molar-refractivity contribution in [2.75, 3.05) is 7.11 Å². The summed E-state index contributed by atoms with van der Waals surface area (Å²) in [6.45, 7) is 0.0533. The number of halogens is 1. The van der Waals surface area contributed by atoms with Crippen LogP contribution in [-0.2, 0) is 6.54 Å². The number of nitrogens with zero attached hydrogens (tertiary/aromatic N) is 7. The molecule has 0 N–H and O–H groups in total. The predicted octanol–water partition coefficient (Wildman–Crippen LogP) is 2.74. The molecule has 5 aromatic rings. The number of methoxy groups -OCH3 is 1. The van der Waals surface area contributed by atoms with E-state index < -0.39 is 0 Å². The monoisotopic (exact) mass is 435 g/mol. The molecule has 0 saturated carbocycles. The maximum Gasteiger partial charge on any atom is 0.284 e. The summed E-state index contributed by atoms with van der Waals surface area (Å²) in [5.41, 5.74) is 1.57. The van der Waals surface area contributed by atoms with Crippen molar-refractivity contribution in [1.29, 1.82) is 0 Å². The third kappa shape index (κ3) is 3.53. The normalized spacial score (nSPS) is 11.2. The van der Waals surface area contributed by atoms with Crippen LogP contribution in [0.25, 0.3) is 28.2 Å². The van der Waals surface area contributed by atoms with E-state index in [2.05, 4.69) is 25.4 Å². The van der Waals surface area contributed by atoms with Gasteiger partial charge in [-0.25, -0.2) is 4.98 Å². The molecule has 0 radical (unpaired) electrons. The Morgan fingerprint density at radius 2 is 1.87 bits per heavy atom. The second-order valence-electron chi connectivity index (χ2n) is 6.57. The van der Waals surface area contributed by atoms with Crippen LogP contribution in [0.5, 0.6) is 5.75 Å². The highest BCUT2D eigenvalue weighted by atomic mass is 35.5. The van der Waals surface area contributed by atoms with Gasteiger partial charge in [-0.2, -0.15) is 9.67 Å². The number of benzene rings is 2. The quantitative estimate of drug-likeness (QED) is 0.414. The lowest BCUT2D eigenvalue weighted by atomic mass is 10.2. The van der Waals surface area contributed by atoms with Crippen LogP contribution in [0, 0.1) is 0 Å². The van der Waals surface area contributed by atoms with Gasteiger partial charge in [-0.15, -0.1) is 5.10 Å². The highest BCUT2D eigenvalue weighted by molar-refractivity contribution is 6.30. The second kappa shape index (κ2) is 7.65. The molecule has 2 aromatic carbocycles. The van der Waals surface area contributed by atoms with E-state index in [-0.39, 0.29) is 23.5 Å². The van der Waals surface area contributed by atoms with Gasteiger partial charge >= 0.3 is 0 Å². The zero-order valence-corrected chi connectivity index (χ0v) is 16.9. The maximum absolute atomic E-state index is 12.9. The van der Waals surface area contributed by atoms with Crippen molar-refractivity contribution in [2.24, 2.45) is 0 Å². The van der Waals surface area contributed by atoms with E-state index in [1.807, 2.05) is 0 Å². The molecule has 31 heavy (non-hydrogen) atoms. The van der Waals surface area contributed by atoms with Crippen molar-refractivity contribution in [3.63, 3.8) is 0 Å². The van der Waals surface area contributed by atoms with Gasteiger partial charge in [0.2, 0.25) is 11.7 Å². The molecular formula is C20H14ClN7O3. The fraction of sp³-hybridized carbons (Fsp3) is 0.100. The molecule has 11 heteroatoms. The molecule has 0 fully saturated rings. The number of fused-ring (bicyclic) bond motifs is 1. The van der Waals surface area contributed by atoms with Crippen LogP contribution in [0.1, 0.15) is 5.89 Å². The smallest absolute Gasteiger partial charge is 0.284 e. The Balaban J connectivity index is 1.44. The van der Waals surface area contributed by atoms with Crippen LogP contribution in [0.15, 0.2) is 64.2 Å². The number of hydrogen-bond acceptors (Lipinski definition) is 8. The van der Waals surface area contributed by atoms with Gasteiger partial charge in [-0.1, -0.05) is 22.0 Å². The summed E-state index contributed by atoms with van der Waals surface area (Å²) in [5.74, 6) is 1.37. The zero-order valence-electron chi connectivity index (χ0n) is 16.1. The van der Waals surface area contributed by atoms with Crippen LogP contribution in [0.2, 0.25) is 5.02 Å². The van der Waals surface area contributed by atoms with Crippen LogP contribution in [-0.4, -0.2) is 41.8 Å². The Bertz CT molecular complexity index is 1420. The molecule has 0 bridgehead atoms. The van der Waals surface area contributed by atoms with Crippen molar-refractivity contribution in [1.82, 2.24) is 34.7 Å². The van der Waals surface area contributed by atoms with Crippen molar-refractivity contribution in [2.45, 2.75) is 6.54 Å². The van der Waals surface area contributed by atoms with E-state index in [1.165, 1.54) is 15.6 Å². The molecule has 3 aromatic heterocycles. The molecule has 0 atom stereocenters. The van der Waals surface area contributed by atoms with Crippen LogP contribution in [0.4, 0.5) is 0 Å². The Morgan fingerprint density at radius 3 is 2.61 bits per heavy atom. The Labute approximate surface area is 179 Å². The Hall–Kier alpha value is -4.05. The number of aromatic nitrogens is 7. The number of rotatable bonds is 5. The molecule has 0 saturated heterocycles. The lowest BCUT2D eigenvalue weighted by molar-refractivity contribution is 0.369. The first-order chi connectivity index (χ1) is 15.1. The average Bonchev–Trinajstić information content (AvgIpc) is 3.44. The van der Waals surface area contributed by atoms with E-state index in [1.54, 1.807) is 55.6 Å². The average molecular weight is 436 g/mol. The summed E-state index contributed by atoms with van der Waals surface area (Å²) < 4.78 is 13.3. The van der Waals surface area contributed by atoms with Gasteiger partial charge in [0.1, 0.15) is 18.6 Å². The first-order valence-corrected chi connectivity index (χ1v) is 9.54. The topological polar surface area (TPSA) is 114 Å². The van der Waals surface area contributed by atoms with E-state index in [0.717, 1.165) is 5.56 Å². The van der Waals surface area contributed by atoms with Crippen molar-refractivity contribution in [3.8, 4) is 22.8 Å². The van der Waals surface area contributed by atoms with E-state index in [9.17, 15) is 4.79 Å². The summed E-state index contributed by atoms with van der Waals surface area (Å²) in [6, 6.07) is 14.2. The molecular weight excluding hydrogens is 422 g/mol. The van der Waals surface area contributed by atoms with Gasteiger partial charge in [-0.3, -0.25) is 9.36 Å². The van der Waals surface area contributed by atoms with E-state index >= 15 is 0 Å². The minimum Gasteiger partial charge on any atom is -0.497 e. The molecule has 5 rings (SSSR count). The summed E-state index contributed by atoms with van der Waals surface area (Å²) in [5, 5.41) is 12.6. The molecule has 0 aliphatic carbocycles. The molecule has 0 aliphatic rings. The Morgan fingerprint density at radius 1 is 1.10 bits per heavy atom. The summed E-state index contributed by atoms with van der Waals surface area (Å²) in [4.78, 5) is 21.6. The lowest BCUT2D eigenvalue weighted by Crippen LogP contribution is -2.21. The summed E-state index contributed by atoms with van der Waals surface area (Å²) >= 11 is 5.90. The van der Waals surface area contributed by atoms with Gasteiger partial charge in [-0.05, 0) is 48.5 Å². The fourth-order valence-corrected chi connectivity index (χ4v) is 3.16. The molecule has 10 nitrogen and oxygen atoms in total. The van der Waals surface area contributed by atoms with Crippen molar-refractivity contribution >= 4 is 22.8 Å². The first kappa shape index (κ1) is 18.9. The molecule has 0 amide bonds. The van der Waals surface area contributed by atoms with Gasteiger partial charge in [0.15, 0.2) is 11.2 Å². The Kier molecular flexibility index (Phi) is 4.68. The van der Waals surface area contributed by atoms with Crippen molar-refractivity contribution in [3.05, 3.63) is 76.1 Å². The SMILES string of the molecule is COc1ccc(-n2nnc3c(=O)n(Cc4nc(-c5ccc(Cl)cc5)no4)cnc32)cc1. The molecule has 0 spiro atoms. The fourth-order valence-electron chi connectivity index (χ4n) is 3.03. The minimum absolute atomic E-state index is 0.0533. The summed E-state index contributed by atoms with van der Waals surface area (Å²) in [6.07, 6.45) is 1.40. The first-order valence-electron chi connectivity index (χ1n) is 9.16. The van der Waals surface area contributed by atoms with Gasteiger partial charge in [0.25, 0.3) is 5.56 Å². The highest BCUT2D eigenvalue weighted by Crippen LogP contribution is 2.19. The maximum atomic E-state index is 12.9. The largest absolute Gasteiger partial charge is 0.497 e. The lowest BCUT2D eigenvalue weighted by Gasteiger charge is -2.04. The van der Waals surface area contributed by atoms with Gasteiger partial charge in [0, 0.05) is 10.6 Å². The minimum atomic E-state index is -0.365. The second-order valence-corrected chi connectivity index (χ2v) is 7.00. The number of ether oxygens (including phenoxy) is 1. The predicted molar refractivity (Wildman–Crippen MR) is 111 cm³/mol. The van der Waals surface area contributed by atoms with Crippen LogP contribution >= 0.6 is 11.6 Å². The third-order valence-corrected chi connectivity index (χ3v) is 4.87. The van der Waals surface area contributed by atoms with Gasteiger partial charge < -0.3 is 9.26 Å². The van der Waals surface area contributed by atoms with Crippen LogP contribution < -0.4 is 10.3 Å². The van der Waals surface area contributed by atoms with E-state index in [0.29, 0.717) is 27.9 Å². The third-order valence-electron chi connectivity index (χ3n) is 4.62. The molecule has 3 heterocycles. The van der Waals surface area contributed by atoms with Gasteiger partial charge in [0.05, 0.1) is 12.8 Å². The van der Waals surface area contributed by atoms with E-state index in [4.69, 9.17) is 20.9 Å². The molecule has 0 aliphatic heterocycles.